The minimum Gasteiger partial charge on any atom is -0.462 e. The van der Waals surface area contributed by atoms with Crippen LogP contribution in [0.2, 0.25) is 0 Å². The van der Waals surface area contributed by atoms with Gasteiger partial charge in [-0.1, -0.05) is 69.6 Å². The van der Waals surface area contributed by atoms with Crippen molar-refractivity contribution in [2.24, 2.45) is 23.7 Å². The smallest absolute Gasteiger partial charge is 0.316 e. The third-order valence-electron chi connectivity index (χ3n) is 15.4. The fourth-order valence-corrected chi connectivity index (χ4v) is 11.7. The number of rotatable bonds is 7. The van der Waals surface area contributed by atoms with Crippen LogP contribution < -0.4 is 0 Å². The van der Waals surface area contributed by atoms with Crippen molar-refractivity contribution in [3.05, 3.63) is 59.3 Å². The molecule has 3 N–H and O–H groups in total. The molecule has 0 amide bonds. The van der Waals surface area contributed by atoms with E-state index in [0.29, 0.717) is 49.2 Å². The van der Waals surface area contributed by atoms with Gasteiger partial charge in [-0.25, -0.2) is 0 Å². The first-order chi connectivity index (χ1) is 30.6. The Morgan fingerprint density at radius 2 is 1.53 bits per heavy atom. The second kappa shape index (κ2) is 20.1. The van der Waals surface area contributed by atoms with Gasteiger partial charge in [0.1, 0.15) is 42.0 Å². The van der Waals surface area contributed by atoms with E-state index < -0.39 is 90.8 Å². The molecule has 14 nitrogen and oxygen atoms in total. The fourth-order valence-electron chi connectivity index (χ4n) is 11.7. The predicted molar refractivity (Wildman–Crippen MR) is 234 cm³/mol. The average molecular weight is 899 g/mol. The second-order valence-corrected chi connectivity index (χ2v) is 20.0. The standard InChI is InChI=1S/C50H74O14/c1-27-13-12-16-34-26-57-47-42(51)30(4)21-37(50(34,47)54)48(53)60-36-22-35(63-49(25-36)20-19-29(3)45(64-49)33-14-10-9-11-15-33)18-17-28(2)44(27)61-41-24-39(56-8)46(32(6)59-41)62-40-23-38(55-7)43(52)31(5)58-40/h12-13,16-17,19-21,27,29,31-33,35-47,51-52,54H,9-11,14-15,18,22-26H2,1-8H3/b13-12+,28-17+,34-16+/t27-,29-,31-,32-,35+,36-,37-,38-,39-,40-,41-,42+,43-,44+,45-,46-,47+,49+,50+/m0/s1. The monoisotopic (exact) mass is 899 g/mol. The molecule has 0 aromatic rings. The molecule has 358 valence electrons. The number of aliphatic hydroxyl groups excluding tert-OH is 2. The molecule has 6 heterocycles. The minimum atomic E-state index is -1.83. The van der Waals surface area contributed by atoms with E-state index in [9.17, 15) is 20.1 Å². The van der Waals surface area contributed by atoms with Gasteiger partial charge in [0, 0.05) is 51.7 Å². The summed E-state index contributed by atoms with van der Waals surface area (Å²) in [6, 6.07) is 0. The quantitative estimate of drug-likeness (QED) is 0.204. The maximum absolute atomic E-state index is 14.4. The number of esters is 1. The van der Waals surface area contributed by atoms with E-state index in [1.165, 1.54) is 19.3 Å². The molecule has 6 aliphatic heterocycles. The molecule has 0 unspecified atom stereocenters. The van der Waals surface area contributed by atoms with Crippen LogP contribution in [0.5, 0.6) is 0 Å². The molecule has 14 heteroatoms. The summed E-state index contributed by atoms with van der Waals surface area (Å²) in [7, 11) is 3.23. The van der Waals surface area contributed by atoms with Crippen LogP contribution in [-0.4, -0.2) is 139 Å². The van der Waals surface area contributed by atoms with E-state index in [2.05, 4.69) is 32.9 Å². The first-order valence-corrected chi connectivity index (χ1v) is 24.0. The van der Waals surface area contributed by atoms with Gasteiger partial charge in [0.15, 0.2) is 18.4 Å². The molecular weight excluding hydrogens is 825 g/mol. The van der Waals surface area contributed by atoms with Crippen molar-refractivity contribution in [1.29, 1.82) is 0 Å². The van der Waals surface area contributed by atoms with Crippen molar-refractivity contribution in [2.75, 3.05) is 20.8 Å². The zero-order valence-electron chi connectivity index (χ0n) is 39.0. The van der Waals surface area contributed by atoms with Gasteiger partial charge in [-0.05, 0) is 75.7 Å². The van der Waals surface area contributed by atoms with Crippen LogP contribution in [0.1, 0.15) is 106 Å². The van der Waals surface area contributed by atoms with Crippen LogP contribution in [0.25, 0.3) is 0 Å². The third-order valence-corrected chi connectivity index (χ3v) is 15.4. The predicted octanol–water partition coefficient (Wildman–Crippen LogP) is 5.91. The van der Waals surface area contributed by atoms with Crippen molar-refractivity contribution in [2.45, 2.75) is 203 Å². The summed E-state index contributed by atoms with van der Waals surface area (Å²) in [6.45, 7) is 11.9. The lowest BCUT2D eigenvalue weighted by Crippen LogP contribution is -2.58. The highest BCUT2D eigenvalue weighted by atomic mass is 16.7. The lowest BCUT2D eigenvalue weighted by atomic mass is 9.71. The normalized spacial score (nSPS) is 49.2. The third kappa shape index (κ3) is 9.82. The van der Waals surface area contributed by atoms with Crippen LogP contribution in [0.15, 0.2) is 59.3 Å². The van der Waals surface area contributed by atoms with Crippen LogP contribution >= 0.6 is 0 Å². The summed E-state index contributed by atoms with van der Waals surface area (Å²) in [5.41, 5.74) is 0.166. The molecule has 4 saturated heterocycles. The molecule has 19 atom stereocenters. The van der Waals surface area contributed by atoms with Crippen molar-refractivity contribution < 1.29 is 67.5 Å². The van der Waals surface area contributed by atoms with Gasteiger partial charge in [-0.3, -0.25) is 4.79 Å². The fraction of sp³-hybridized carbons (Fsp3) is 0.780. The van der Waals surface area contributed by atoms with E-state index in [0.717, 1.165) is 18.4 Å². The molecule has 64 heavy (non-hydrogen) atoms. The van der Waals surface area contributed by atoms with Crippen LogP contribution in [-0.2, 0) is 52.2 Å². The number of hydrogen-bond donors (Lipinski definition) is 3. The Balaban J connectivity index is 1.08. The summed E-state index contributed by atoms with van der Waals surface area (Å²) < 4.78 is 64.1. The first-order valence-electron chi connectivity index (χ1n) is 24.0. The SMILES string of the molecule is CO[C@H]1C[C@H](O[C@H]2[C@H](C)O[C@@H](O[C@H]3/C(C)=C/C[C@@H]4C[C@@H](C[C@]5(C=C[C@H](C)[C@@H](C6CCCCC6)O5)O4)OC(=O)[C@@H]4C=C(C)[C@@H](O)[C@H]5OC/C(=C\C=C\[C@@H]3C)[C@]54O)C[C@@H]2OC)O[C@@H](C)[C@@H]1O. The van der Waals surface area contributed by atoms with E-state index in [4.69, 9.17) is 47.4 Å². The van der Waals surface area contributed by atoms with Gasteiger partial charge in [0.25, 0.3) is 0 Å². The van der Waals surface area contributed by atoms with E-state index >= 15 is 0 Å². The molecule has 1 spiro atoms. The van der Waals surface area contributed by atoms with Crippen molar-refractivity contribution in [3.8, 4) is 0 Å². The highest BCUT2D eigenvalue weighted by Gasteiger charge is 2.60. The number of aliphatic hydroxyl groups is 3. The van der Waals surface area contributed by atoms with Gasteiger partial charge >= 0.3 is 5.97 Å². The summed E-state index contributed by atoms with van der Waals surface area (Å²) in [4.78, 5) is 14.4. The zero-order chi connectivity index (χ0) is 45.5. The Bertz CT molecular complexity index is 1790. The number of allylic oxidation sites excluding steroid dienone is 2. The van der Waals surface area contributed by atoms with Crippen molar-refractivity contribution in [1.82, 2.24) is 0 Å². The molecule has 5 fully saturated rings. The maximum Gasteiger partial charge on any atom is 0.316 e. The van der Waals surface area contributed by atoms with Gasteiger partial charge in [0.2, 0.25) is 0 Å². The molecule has 2 bridgehead atoms. The largest absolute Gasteiger partial charge is 0.462 e. The number of ether oxygens (including phenoxy) is 10. The molecule has 0 radical (unpaired) electrons. The van der Waals surface area contributed by atoms with Crippen LogP contribution in [0.3, 0.4) is 0 Å². The topological polar surface area (TPSA) is 170 Å². The highest BCUT2D eigenvalue weighted by molar-refractivity contribution is 5.78. The Labute approximate surface area is 379 Å². The van der Waals surface area contributed by atoms with E-state index in [1.54, 1.807) is 40.2 Å². The Morgan fingerprint density at radius 3 is 2.28 bits per heavy atom. The average Bonchev–Trinajstić information content (AvgIpc) is 3.62. The number of methoxy groups -OCH3 is 2. The molecule has 8 aliphatic rings. The summed E-state index contributed by atoms with van der Waals surface area (Å²) in [5, 5.41) is 34.3. The van der Waals surface area contributed by atoms with Gasteiger partial charge in [0.05, 0.1) is 49.3 Å². The van der Waals surface area contributed by atoms with Gasteiger partial charge in [-0.15, -0.1) is 0 Å². The number of hydrogen-bond acceptors (Lipinski definition) is 14. The molecule has 1 saturated carbocycles. The van der Waals surface area contributed by atoms with E-state index in [1.807, 2.05) is 25.2 Å². The number of fused-ring (bicyclic) bond motifs is 2. The second-order valence-electron chi connectivity index (χ2n) is 20.0. The van der Waals surface area contributed by atoms with Crippen molar-refractivity contribution >= 4 is 5.97 Å². The minimum absolute atomic E-state index is 0.0242. The Kier molecular flexibility index (Phi) is 15.1. The molecule has 2 aliphatic carbocycles. The Hall–Kier alpha value is -2.31. The molecule has 8 rings (SSSR count). The number of carbonyl (C=O) groups excluding carboxylic acids is 1. The van der Waals surface area contributed by atoms with E-state index in [-0.39, 0.29) is 36.8 Å². The first kappa shape index (κ1) is 48.2. The van der Waals surface area contributed by atoms with Crippen LogP contribution in [0, 0.1) is 23.7 Å². The lowest BCUT2D eigenvalue weighted by Gasteiger charge is -2.49. The van der Waals surface area contributed by atoms with Crippen LogP contribution in [0.4, 0.5) is 0 Å². The summed E-state index contributed by atoms with van der Waals surface area (Å²) in [5.74, 6) is -2.32. The molecule has 0 aromatic heterocycles. The van der Waals surface area contributed by atoms with Gasteiger partial charge < -0.3 is 62.7 Å². The van der Waals surface area contributed by atoms with Crippen molar-refractivity contribution in [3.63, 3.8) is 0 Å². The lowest BCUT2D eigenvalue weighted by molar-refractivity contribution is -0.318. The zero-order valence-corrected chi connectivity index (χ0v) is 39.0. The Morgan fingerprint density at radius 1 is 0.812 bits per heavy atom. The molecule has 0 aromatic carbocycles. The maximum atomic E-state index is 14.4. The number of carbonyl (C=O) groups is 1. The summed E-state index contributed by atoms with van der Waals surface area (Å²) in [6.07, 6.45) is 13.8. The summed E-state index contributed by atoms with van der Waals surface area (Å²) >= 11 is 0. The highest BCUT2D eigenvalue weighted by Crippen LogP contribution is 2.48. The molecular formula is C50H74O14. The van der Waals surface area contributed by atoms with Gasteiger partial charge in [-0.2, -0.15) is 0 Å².